The summed E-state index contributed by atoms with van der Waals surface area (Å²) in [6.45, 7) is 0. The van der Waals surface area contributed by atoms with Crippen LogP contribution in [-0.2, 0) is 0 Å². The van der Waals surface area contributed by atoms with E-state index >= 15 is 0 Å². The Morgan fingerprint density at radius 3 is 2.42 bits per heavy atom. The van der Waals surface area contributed by atoms with Crippen LogP contribution in [0, 0.1) is 10.1 Å². The number of H-pyrrole nitrogens is 2. The number of para-hydroxylation sites is 1. The molecule has 0 unspecified atom stereocenters. The molecule has 0 fully saturated rings. The number of phenols is 1. The van der Waals surface area contributed by atoms with Crippen molar-refractivity contribution in [3.63, 3.8) is 0 Å². The number of aromatic amines is 2. The van der Waals surface area contributed by atoms with Crippen LogP contribution in [0.15, 0.2) is 54.6 Å². The summed E-state index contributed by atoms with van der Waals surface area (Å²) in [5.41, 5.74) is 3.50. The van der Waals surface area contributed by atoms with Gasteiger partial charge in [-0.25, -0.2) is 0 Å². The Morgan fingerprint density at radius 1 is 0.962 bits per heavy atom. The fourth-order valence-corrected chi connectivity index (χ4v) is 2.63. The lowest BCUT2D eigenvalue weighted by Gasteiger charge is -1.99. The third kappa shape index (κ3) is 2.67. The second-order valence-electron chi connectivity index (χ2n) is 5.51. The van der Waals surface area contributed by atoms with Crippen LogP contribution in [0.5, 0.6) is 5.75 Å². The molecule has 0 spiro atoms. The first kappa shape index (κ1) is 15.5. The molecule has 4 aromatic rings. The molecule has 0 atom stereocenters. The quantitative estimate of drug-likeness (QED) is 0.383. The number of nitro benzene ring substituents is 1. The SMILES string of the molecule is O=[N+]([O-])c1ccc(-c2n[nH]nc2-c2cc(-c3ccccc3O)n[nH]2)cc1. The molecule has 0 aliphatic rings. The summed E-state index contributed by atoms with van der Waals surface area (Å²) in [6, 6.07) is 14.7. The predicted molar refractivity (Wildman–Crippen MR) is 93.2 cm³/mol. The Hall–Kier alpha value is -4.01. The summed E-state index contributed by atoms with van der Waals surface area (Å²) in [5, 5.41) is 38.7. The molecular formula is C17H12N6O3. The summed E-state index contributed by atoms with van der Waals surface area (Å²) in [6.07, 6.45) is 0. The highest BCUT2D eigenvalue weighted by Gasteiger charge is 2.17. The normalized spacial score (nSPS) is 10.8. The lowest BCUT2D eigenvalue weighted by molar-refractivity contribution is -0.384. The average molecular weight is 348 g/mol. The molecule has 9 nitrogen and oxygen atoms in total. The van der Waals surface area contributed by atoms with Gasteiger partial charge in [-0.2, -0.15) is 20.5 Å². The Labute approximate surface area is 146 Å². The molecule has 4 rings (SSSR count). The van der Waals surface area contributed by atoms with Gasteiger partial charge in [-0.05, 0) is 30.3 Å². The summed E-state index contributed by atoms with van der Waals surface area (Å²) < 4.78 is 0. The van der Waals surface area contributed by atoms with Crippen LogP contribution in [0.3, 0.4) is 0 Å². The van der Waals surface area contributed by atoms with Crippen LogP contribution >= 0.6 is 0 Å². The summed E-state index contributed by atoms with van der Waals surface area (Å²) in [7, 11) is 0. The number of nitrogens with zero attached hydrogens (tertiary/aromatic N) is 4. The van der Waals surface area contributed by atoms with E-state index in [2.05, 4.69) is 25.6 Å². The number of nitrogens with one attached hydrogen (secondary N) is 2. The first-order chi connectivity index (χ1) is 12.6. The number of phenolic OH excluding ortho intramolecular Hbond substituents is 1. The number of benzene rings is 2. The van der Waals surface area contributed by atoms with E-state index in [0.717, 1.165) is 0 Å². The molecule has 0 saturated carbocycles. The molecule has 3 N–H and O–H groups in total. The van der Waals surface area contributed by atoms with Gasteiger partial charge < -0.3 is 5.11 Å². The van der Waals surface area contributed by atoms with Crippen LogP contribution in [-0.4, -0.2) is 35.6 Å². The second-order valence-corrected chi connectivity index (χ2v) is 5.51. The van der Waals surface area contributed by atoms with E-state index in [4.69, 9.17) is 0 Å². The minimum absolute atomic E-state index is 0.00201. The number of rotatable bonds is 4. The average Bonchev–Trinajstić information content (AvgIpc) is 3.31. The molecule has 26 heavy (non-hydrogen) atoms. The number of hydrogen-bond acceptors (Lipinski definition) is 6. The van der Waals surface area contributed by atoms with Crippen molar-refractivity contribution in [1.82, 2.24) is 25.6 Å². The summed E-state index contributed by atoms with van der Waals surface area (Å²) in [4.78, 5) is 10.3. The van der Waals surface area contributed by atoms with E-state index in [-0.39, 0.29) is 11.4 Å². The van der Waals surface area contributed by atoms with E-state index < -0.39 is 4.92 Å². The van der Waals surface area contributed by atoms with E-state index in [1.807, 2.05) is 6.07 Å². The zero-order chi connectivity index (χ0) is 18.1. The molecule has 2 aromatic heterocycles. The Bertz CT molecular complexity index is 1080. The van der Waals surface area contributed by atoms with Gasteiger partial charge in [-0.3, -0.25) is 15.2 Å². The van der Waals surface area contributed by atoms with Crippen molar-refractivity contribution in [2.45, 2.75) is 0 Å². The molecule has 0 bridgehead atoms. The zero-order valence-electron chi connectivity index (χ0n) is 13.2. The molecule has 0 amide bonds. The first-order valence-electron chi connectivity index (χ1n) is 7.63. The zero-order valence-corrected chi connectivity index (χ0v) is 13.2. The van der Waals surface area contributed by atoms with Gasteiger partial charge in [0.1, 0.15) is 17.1 Å². The van der Waals surface area contributed by atoms with E-state index in [1.54, 1.807) is 36.4 Å². The summed E-state index contributed by atoms with van der Waals surface area (Å²) >= 11 is 0. The minimum Gasteiger partial charge on any atom is -0.507 e. The molecule has 0 aliphatic carbocycles. The molecule has 128 valence electrons. The highest BCUT2D eigenvalue weighted by Crippen LogP contribution is 2.32. The molecule has 9 heteroatoms. The van der Waals surface area contributed by atoms with Crippen molar-refractivity contribution in [1.29, 1.82) is 0 Å². The van der Waals surface area contributed by atoms with Gasteiger partial charge in [0.2, 0.25) is 0 Å². The maximum atomic E-state index is 10.8. The largest absolute Gasteiger partial charge is 0.507 e. The van der Waals surface area contributed by atoms with E-state index in [1.165, 1.54) is 12.1 Å². The molecule has 2 aromatic carbocycles. The topological polar surface area (TPSA) is 134 Å². The minimum atomic E-state index is -0.457. The Balaban J connectivity index is 1.72. The number of nitro groups is 1. The van der Waals surface area contributed by atoms with Gasteiger partial charge in [0.25, 0.3) is 5.69 Å². The predicted octanol–water partition coefficient (Wildman–Crippen LogP) is 3.14. The first-order valence-corrected chi connectivity index (χ1v) is 7.63. The maximum absolute atomic E-state index is 10.8. The second kappa shape index (κ2) is 6.13. The Kier molecular flexibility index (Phi) is 3.66. The Morgan fingerprint density at radius 2 is 1.69 bits per heavy atom. The fraction of sp³-hybridized carbons (Fsp3) is 0. The van der Waals surface area contributed by atoms with Gasteiger partial charge >= 0.3 is 0 Å². The molecule has 2 heterocycles. The molecule has 0 saturated heterocycles. The van der Waals surface area contributed by atoms with Gasteiger partial charge in [-0.1, -0.05) is 12.1 Å². The maximum Gasteiger partial charge on any atom is 0.269 e. The molecular weight excluding hydrogens is 336 g/mol. The van der Waals surface area contributed by atoms with Crippen LogP contribution in [0.2, 0.25) is 0 Å². The van der Waals surface area contributed by atoms with Crippen molar-refractivity contribution in [3.05, 3.63) is 64.7 Å². The van der Waals surface area contributed by atoms with E-state index in [0.29, 0.717) is 33.9 Å². The summed E-state index contributed by atoms with van der Waals surface area (Å²) in [5.74, 6) is 0.126. The van der Waals surface area contributed by atoms with Crippen LogP contribution in [0.25, 0.3) is 33.9 Å². The van der Waals surface area contributed by atoms with Crippen LogP contribution in [0.4, 0.5) is 5.69 Å². The van der Waals surface area contributed by atoms with E-state index in [9.17, 15) is 15.2 Å². The van der Waals surface area contributed by atoms with Crippen LogP contribution < -0.4 is 0 Å². The highest BCUT2D eigenvalue weighted by atomic mass is 16.6. The number of non-ortho nitro benzene ring substituents is 1. The van der Waals surface area contributed by atoms with Crippen molar-refractivity contribution in [3.8, 4) is 39.7 Å². The lowest BCUT2D eigenvalue weighted by atomic mass is 10.1. The number of hydrogen-bond donors (Lipinski definition) is 3. The highest BCUT2D eigenvalue weighted by molar-refractivity contribution is 5.78. The van der Waals surface area contributed by atoms with Gasteiger partial charge in [-0.15, -0.1) is 0 Å². The third-order valence-corrected chi connectivity index (χ3v) is 3.91. The monoisotopic (exact) mass is 348 g/mol. The van der Waals surface area contributed by atoms with Crippen molar-refractivity contribution in [2.75, 3.05) is 0 Å². The lowest BCUT2D eigenvalue weighted by Crippen LogP contribution is -1.88. The van der Waals surface area contributed by atoms with Crippen LogP contribution in [0.1, 0.15) is 0 Å². The standard InChI is InChI=1S/C17H12N6O3/c24-15-4-2-1-3-12(15)13-9-14(19-18-13)17-16(20-22-21-17)10-5-7-11(8-6-10)23(25)26/h1-9,24H,(H,18,19)(H,20,21,22). The number of aromatic hydroxyl groups is 1. The fourth-order valence-electron chi connectivity index (χ4n) is 2.63. The smallest absolute Gasteiger partial charge is 0.269 e. The van der Waals surface area contributed by atoms with Gasteiger partial charge in [0.15, 0.2) is 0 Å². The number of aromatic nitrogens is 5. The van der Waals surface area contributed by atoms with Crippen molar-refractivity contribution in [2.24, 2.45) is 0 Å². The molecule has 0 aliphatic heterocycles. The van der Waals surface area contributed by atoms with Gasteiger partial charge in [0, 0.05) is 23.3 Å². The van der Waals surface area contributed by atoms with Crippen molar-refractivity contribution < 1.29 is 10.0 Å². The van der Waals surface area contributed by atoms with Crippen molar-refractivity contribution >= 4 is 5.69 Å². The molecule has 0 radical (unpaired) electrons. The van der Waals surface area contributed by atoms with Gasteiger partial charge in [0.05, 0.1) is 16.3 Å². The third-order valence-electron chi connectivity index (χ3n) is 3.91.